The summed E-state index contributed by atoms with van der Waals surface area (Å²) in [6, 6.07) is 8.02. The van der Waals surface area contributed by atoms with E-state index >= 15 is 0 Å². The van der Waals surface area contributed by atoms with E-state index in [2.05, 4.69) is 5.38 Å². The normalized spacial score (nSPS) is 17.9. The Morgan fingerprint density at radius 3 is 2.50 bits per heavy atom. The zero-order valence-corrected chi connectivity index (χ0v) is 12.6. The Bertz CT molecular complexity index is 570. The van der Waals surface area contributed by atoms with Crippen molar-refractivity contribution in [2.45, 2.75) is 37.6 Å². The Morgan fingerprint density at radius 2 is 1.85 bits per heavy atom. The molecule has 0 amide bonds. The van der Waals surface area contributed by atoms with Crippen LogP contribution in [0, 0.1) is 0 Å². The molecule has 0 bridgehead atoms. The number of thiazole rings is 1. The van der Waals surface area contributed by atoms with Gasteiger partial charge in [0.1, 0.15) is 10.8 Å². The van der Waals surface area contributed by atoms with Crippen molar-refractivity contribution in [1.82, 2.24) is 4.98 Å². The van der Waals surface area contributed by atoms with Gasteiger partial charge < -0.3 is 10.5 Å². The molecule has 4 heteroatoms. The quantitative estimate of drug-likeness (QED) is 0.930. The third-order valence-electron chi connectivity index (χ3n) is 4.06. The molecule has 1 fully saturated rings. The van der Waals surface area contributed by atoms with Gasteiger partial charge >= 0.3 is 0 Å². The zero-order chi connectivity index (χ0) is 14.0. The van der Waals surface area contributed by atoms with Crippen molar-refractivity contribution in [1.29, 1.82) is 0 Å². The SMILES string of the molecule is COc1ccc(-c2csc(C3(N)CCCCC3)n2)cc1. The Labute approximate surface area is 123 Å². The van der Waals surface area contributed by atoms with E-state index in [0.29, 0.717) is 0 Å². The van der Waals surface area contributed by atoms with Crippen LogP contribution >= 0.6 is 11.3 Å². The largest absolute Gasteiger partial charge is 0.497 e. The molecule has 3 nitrogen and oxygen atoms in total. The molecule has 1 aliphatic carbocycles. The van der Waals surface area contributed by atoms with Crippen LogP contribution in [0.2, 0.25) is 0 Å². The molecule has 3 rings (SSSR count). The molecule has 0 saturated heterocycles. The summed E-state index contributed by atoms with van der Waals surface area (Å²) in [7, 11) is 1.68. The van der Waals surface area contributed by atoms with Gasteiger partial charge in [0.15, 0.2) is 0 Å². The lowest BCUT2D eigenvalue weighted by Crippen LogP contribution is -2.38. The van der Waals surface area contributed by atoms with Gasteiger partial charge in [-0.1, -0.05) is 19.3 Å². The fourth-order valence-electron chi connectivity index (χ4n) is 2.79. The lowest BCUT2D eigenvalue weighted by Gasteiger charge is -2.31. The van der Waals surface area contributed by atoms with E-state index in [4.69, 9.17) is 15.5 Å². The summed E-state index contributed by atoms with van der Waals surface area (Å²) < 4.78 is 5.18. The van der Waals surface area contributed by atoms with Gasteiger partial charge in [-0.05, 0) is 37.1 Å². The van der Waals surface area contributed by atoms with Crippen molar-refractivity contribution in [3.8, 4) is 17.0 Å². The highest BCUT2D eigenvalue weighted by atomic mass is 32.1. The number of nitrogens with zero attached hydrogens (tertiary/aromatic N) is 1. The molecular weight excluding hydrogens is 268 g/mol. The van der Waals surface area contributed by atoms with Gasteiger partial charge in [-0.15, -0.1) is 11.3 Å². The minimum atomic E-state index is -0.201. The predicted octanol–water partition coefficient (Wildman–Crippen LogP) is 3.94. The van der Waals surface area contributed by atoms with Crippen LogP contribution < -0.4 is 10.5 Å². The summed E-state index contributed by atoms with van der Waals surface area (Å²) in [5.41, 5.74) is 8.48. The van der Waals surface area contributed by atoms with Gasteiger partial charge in [0, 0.05) is 10.9 Å². The maximum absolute atomic E-state index is 6.55. The van der Waals surface area contributed by atoms with Gasteiger partial charge in [-0.25, -0.2) is 4.98 Å². The van der Waals surface area contributed by atoms with Crippen LogP contribution in [0.5, 0.6) is 5.75 Å². The molecule has 1 heterocycles. The lowest BCUT2D eigenvalue weighted by atomic mass is 9.83. The maximum atomic E-state index is 6.55. The summed E-state index contributed by atoms with van der Waals surface area (Å²) >= 11 is 1.69. The number of hydrogen-bond acceptors (Lipinski definition) is 4. The Kier molecular flexibility index (Phi) is 3.76. The molecule has 0 spiro atoms. The standard InChI is InChI=1S/C16H20N2OS/c1-19-13-7-5-12(6-8-13)14-11-20-15(18-14)16(17)9-3-2-4-10-16/h5-8,11H,2-4,9-10,17H2,1H3. The van der Waals surface area contributed by atoms with Crippen molar-refractivity contribution < 1.29 is 4.74 Å². The number of nitrogens with two attached hydrogens (primary N) is 1. The molecule has 0 atom stereocenters. The first-order valence-electron chi connectivity index (χ1n) is 7.11. The predicted molar refractivity (Wildman–Crippen MR) is 83.1 cm³/mol. The van der Waals surface area contributed by atoms with Crippen LogP contribution in [0.15, 0.2) is 29.6 Å². The summed E-state index contributed by atoms with van der Waals surface area (Å²) in [4.78, 5) is 4.78. The second-order valence-corrected chi connectivity index (χ2v) is 6.34. The molecule has 1 aromatic heterocycles. The summed E-state index contributed by atoms with van der Waals surface area (Å²) in [5, 5.41) is 3.20. The van der Waals surface area contributed by atoms with E-state index in [1.54, 1.807) is 18.4 Å². The lowest BCUT2D eigenvalue weighted by molar-refractivity contribution is 0.301. The van der Waals surface area contributed by atoms with Gasteiger partial charge in [-0.2, -0.15) is 0 Å². The Balaban J connectivity index is 1.85. The molecule has 0 aliphatic heterocycles. The number of benzene rings is 1. The summed E-state index contributed by atoms with van der Waals surface area (Å²) in [5.74, 6) is 0.867. The molecule has 106 valence electrons. The third kappa shape index (κ3) is 2.58. The molecule has 2 aromatic rings. The number of rotatable bonds is 3. The minimum Gasteiger partial charge on any atom is -0.497 e. The van der Waals surface area contributed by atoms with Gasteiger partial charge in [0.25, 0.3) is 0 Å². The summed E-state index contributed by atoms with van der Waals surface area (Å²) in [6.07, 6.45) is 5.85. The van der Waals surface area contributed by atoms with Crippen molar-refractivity contribution in [2.75, 3.05) is 7.11 Å². The Morgan fingerprint density at radius 1 is 1.15 bits per heavy atom. The van der Waals surface area contributed by atoms with Crippen LogP contribution in [0.3, 0.4) is 0 Å². The second kappa shape index (κ2) is 5.54. The average Bonchev–Trinajstić information content (AvgIpc) is 2.99. The first-order valence-corrected chi connectivity index (χ1v) is 7.98. The highest BCUT2D eigenvalue weighted by Crippen LogP contribution is 2.37. The van der Waals surface area contributed by atoms with E-state index in [1.165, 1.54) is 19.3 Å². The smallest absolute Gasteiger partial charge is 0.118 e. The van der Waals surface area contributed by atoms with Crippen molar-refractivity contribution in [3.05, 3.63) is 34.7 Å². The zero-order valence-electron chi connectivity index (χ0n) is 11.8. The van der Waals surface area contributed by atoms with Crippen molar-refractivity contribution in [2.24, 2.45) is 5.73 Å². The molecule has 1 aromatic carbocycles. The van der Waals surface area contributed by atoms with Crippen molar-refractivity contribution in [3.63, 3.8) is 0 Å². The second-order valence-electron chi connectivity index (χ2n) is 5.48. The summed E-state index contributed by atoms with van der Waals surface area (Å²) in [6.45, 7) is 0. The van der Waals surface area contributed by atoms with Gasteiger partial charge in [0.05, 0.1) is 18.3 Å². The van der Waals surface area contributed by atoms with Gasteiger partial charge in [0.2, 0.25) is 0 Å². The van der Waals surface area contributed by atoms with Crippen LogP contribution in [-0.2, 0) is 5.54 Å². The third-order valence-corrected chi connectivity index (χ3v) is 5.12. The average molecular weight is 288 g/mol. The maximum Gasteiger partial charge on any atom is 0.118 e. The fraction of sp³-hybridized carbons (Fsp3) is 0.438. The van der Waals surface area contributed by atoms with E-state index in [9.17, 15) is 0 Å². The molecule has 2 N–H and O–H groups in total. The molecular formula is C16H20N2OS. The van der Waals surface area contributed by atoms with Gasteiger partial charge in [-0.3, -0.25) is 0 Å². The monoisotopic (exact) mass is 288 g/mol. The minimum absolute atomic E-state index is 0.201. The van der Waals surface area contributed by atoms with Crippen LogP contribution in [0.4, 0.5) is 0 Å². The Hall–Kier alpha value is -1.39. The number of ether oxygens (including phenoxy) is 1. The first-order chi connectivity index (χ1) is 9.71. The van der Waals surface area contributed by atoms with Crippen LogP contribution in [0.1, 0.15) is 37.1 Å². The molecule has 1 saturated carbocycles. The molecule has 20 heavy (non-hydrogen) atoms. The highest BCUT2D eigenvalue weighted by Gasteiger charge is 2.32. The molecule has 0 radical (unpaired) electrons. The van der Waals surface area contributed by atoms with Crippen molar-refractivity contribution >= 4 is 11.3 Å². The topological polar surface area (TPSA) is 48.1 Å². The van der Waals surface area contributed by atoms with E-state index in [-0.39, 0.29) is 5.54 Å². The number of hydrogen-bond donors (Lipinski definition) is 1. The highest BCUT2D eigenvalue weighted by molar-refractivity contribution is 7.10. The van der Waals surface area contributed by atoms with E-state index < -0.39 is 0 Å². The number of aromatic nitrogens is 1. The molecule has 0 unspecified atom stereocenters. The van der Waals surface area contributed by atoms with Crippen LogP contribution in [-0.4, -0.2) is 12.1 Å². The van der Waals surface area contributed by atoms with Crippen LogP contribution in [0.25, 0.3) is 11.3 Å². The van der Waals surface area contributed by atoms with E-state index in [1.807, 2.05) is 24.3 Å². The fourth-order valence-corrected chi connectivity index (χ4v) is 3.80. The van der Waals surface area contributed by atoms with E-state index in [0.717, 1.165) is 34.9 Å². The number of methoxy groups -OCH3 is 1. The molecule has 1 aliphatic rings. The first kappa shape index (κ1) is 13.6.